The molecular weight excluding hydrogens is 482 g/mol. The first-order chi connectivity index (χ1) is 15.4. The lowest BCUT2D eigenvalue weighted by Gasteiger charge is -2.36. The molecule has 0 N–H and O–H groups in total. The predicted octanol–water partition coefficient (Wildman–Crippen LogP) is 4.08. The van der Waals surface area contributed by atoms with Crippen molar-refractivity contribution in [3.63, 3.8) is 0 Å². The second-order valence-corrected chi connectivity index (χ2v) is 8.19. The minimum absolute atomic E-state index is 0.0208. The second-order valence-electron chi connectivity index (χ2n) is 7.16. The van der Waals surface area contributed by atoms with Gasteiger partial charge < -0.3 is 24.0 Å². The molecule has 1 unspecified atom stereocenters. The highest BCUT2D eigenvalue weighted by atomic mass is 79.9. The molecule has 0 saturated carbocycles. The number of anilines is 1. The summed E-state index contributed by atoms with van der Waals surface area (Å²) in [6.07, 6.45) is 0.647. The number of piperazine rings is 1. The fourth-order valence-corrected chi connectivity index (χ4v) is 3.76. The number of benzene rings is 2. The van der Waals surface area contributed by atoms with Gasteiger partial charge in [-0.2, -0.15) is 0 Å². The molecule has 1 saturated heterocycles. The molecule has 0 bridgehead atoms. The molecule has 0 spiro atoms. The Bertz CT molecular complexity index is 978. The van der Waals surface area contributed by atoms with Gasteiger partial charge in [0.15, 0.2) is 16.5 Å². The van der Waals surface area contributed by atoms with Crippen LogP contribution in [0, 0.1) is 10.1 Å². The summed E-state index contributed by atoms with van der Waals surface area (Å²) in [5.74, 6) is 0.831. The molecule has 0 aliphatic carbocycles. The number of nitro benzene ring substituents is 1. The summed E-state index contributed by atoms with van der Waals surface area (Å²) in [6, 6.07) is 10.3. The Morgan fingerprint density at radius 2 is 1.75 bits per heavy atom. The number of alkyl halides is 1. The first kappa shape index (κ1) is 23.6. The number of methoxy groups -OCH3 is 2. The molecule has 172 valence electrons. The standard InChI is InChI=1S/C22H26BrN3O6/c1-4-21(23)32-20-14-17(26(28)29)15(13-19(20)31-3)22(27)25-11-9-24(10-12-25)16-7-5-6-8-18(16)30-2/h5-8,13-14,21H,4,9-12H2,1-3H3. The van der Waals surface area contributed by atoms with Crippen LogP contribution in [0.15, 0.2) is 36.4 Å². The van der Waals surface area contributed by atoms with Crippen LogP contribution in [0.4, 0.5) is 11.4 Å². The summed E-state index contributed by atoms with van der Waals surface area (Å²) in [5, 5.41) is 11.4. The van der Waals surface area contributed by atoms with E-state index in [0.717, 1.165) is 11.4 Å². The van der Waals surface area contributed by atoms with E-state index in [1.54, 1.807) is 12.0 Å². The van der Waals surface area contributed by atoms with Gasteiger partial charge in [-0.15, -0.1) is 0 Å². The van der Waals surface area contributed by atoms with Gasteiger partial charge in [0, 0.05) is 32.2 Å². The number of para-hydroxylation sites is 2. The van der Waals surface area contributed by atoms with E-state index >= 15 is 0 Å². The molecule has 1 amide bonds. The minimum atomic E-state index is -0.570. The second kappa shape index (κ2) is 10.5. The van der Waals surface area contributed by atoms with E-state index in [1.807, 2.05) is 31.2 Å². The van der Waals surface area contributed by atoms with Crippen LogP contribution in [0.2, 0.25) is 0 Å². The van der Waals surface area contributed by atoms with Crippen LogP contribution < -0.4 is 19.1 Å². The number of ether oxygens (including phenoxy) is 3. The number of carbonyl (C=O) groups excluding carboxylic acids is 1. The van der Waals surface area contributed by atoms with Gasteiger partial charge in [0.05, 0.1) is 30.9 Å². The molecule has 1 atom stereocenters. The first-order valence-electron chi connectivity index (χ1n) is 10.2. The summed E-state index contributed by atoms with van der Waals surface area (Å²) < 4.78 is 16.5. The molecule has 2 aromatic rings. The minimum Gasteiger partial charge on any atom is -0.495 e. The summed E-state index contributed by atoms with van der Waals surface area (Å²) >= 11 is 3.35. The third kappa shape index (κ3) is 5.07. The normalized spacial score (nSPS) is 14.6. The quantitative estimate of drug-likeness (QED) is 0.301. The maximum atomic E-state index is 13.2. The Labute approximate surface area is 195 Å². The highest BCUT2D eigenvalue weighted by Gasteiger charge is 2.30. The molecule has 1 aliphatic rings. The molecule has 1 heterocycles. The summed E-state index contributed by atoms with van der Waals surface area (Å²) in [6.45, 7) is 3.92. The van der Waals surface area contributed by atoms with Crippen molar-refractivity contribution in [2.75, 3.05) is 45.3 Å². The van der Waals surface area contributed by atoms with Crippen molar-refractivity contribution in [3.05, 3.63) is 52.1 Å². The van der Waals surface area contributed by atoms with Gasteiger partial charge in [0.2, 0.25) is 0 Å². The number of hydrogen-bond acceptors (Lipinski definition) is 7. The van der Waals surface area contributed by atoms with E-state index in [-0.39, 0.29) is 27.8 Å². The molecule has 2 aromatic carbocycles. The van der Waals surface area contributed by atoms with E-state index in [1.165, 1.54) is 19.2 Å². The fraction of sp³-hybridized carbons (Fsp3) is 0.409. The lowest BCUT2D eigenvalue weighted by atomic mass is 10.1. The molecule has 10 heteroatoms. The fourth-order valence-electron chi connectivity index (χ4n) is 3.56. The summed E-state index contributed by atoms with van der Waals surface area (Å²) in [7, 11) is 3.06. The summed E-state index contributed by atoms with van der Waals surface area (Å²) in [5.41, 5.74) is 0.623. The van der Waals surface area contributed by atoms with Crippen LogP contribution >= 0.6 is 15.9 Å². The summed E-state index contributed by atoms with van der Waals surface area (Å²) in [4.78, 5) is 28.1. The van der Waals surface area contributed by atoms with E-state index < -0.39 is 10.8 Å². The molecule has 0 aromatic heterocycles. The Morgan fingerprint density at radius 3 is 2.34 bits per heavy atom. The van der Waals surface area contributed by atoms with Gasteiger partial charge in [0.25, 0.3) is 11.6 Å². The Kier molecular flexibility index (Phi) is 7.79. The number of carbonyl (C=O) groups is 1. The van der Waals surface area contributed by atoms with Gasteiger partial charge >= 0.3 is 0 Å². The van der Waals surface area contributed by atoms with Crippen molar-refractivity contribution >= 4 is 33.2 Å². The third-order valence-electron chi connectivity index (χ3n) is 5.28. The molecule has 3 rings (SSSR count). The van der Waals surface area contributed by atoms with Crippen LogP contribution in [0.5, 0.6) is 17.2 Å². The largest absolute Gasteiger partial charge is 0.495 e. The van der Waals surface area contributed by atoms with Gasteiger partial charge in [-0.3, -0.25) is 14.9 Å². The van der Waals surface area contributed by atoms with Crippen molar-refractivity contribution < 1.29 is 23.9 Å². The van der Waals surface area contributed by atoms with Crippen LogP contribution in [-0.4, -0.2) is 61.1 Å². The van der Waals surface area contributed by atoms with E-state index in [4.69, 9.17) is 14.2 Å². The highest BCUT2D eigenvalue weighted by molar-refractivity contribution is 9.09. The van der Waals surface area contributed by atoms with E-state index in [2.05, 4.69) is 20.8 Å². The number of hydrogen-bond donors (Lipinski definition) is 0. The smallest absolute Gasteiger partial charge is 0.286 e. The zero-order valence-electron chi connectivity index (χ0n) is 18.2. The number of rotatable bonds is 8. The molecule has 9 nitrogen and oxygen atoms in total. The lowest BCUT2D eigenvalue weighted by molar-refractivity contribution is -0.385. The SMILES string of the molecule is CCC(Br)Oc1cc([N+](=O)[O-])c(C(=O)N2CCN(c3ccccc3OC)CC2)cc1OC. The number of nitro groups is 1. The van der Waals surface area contributed by atoms with Crippen LogP contribution in [-0.2, 0) is 0 Å². The predicted molar refractivity (Wildman–Crippen MR) is 124 cm³/mol. The zero-order chi connectivity index (χ0) is 23.3. The monoisotopic (exact) mass is 507 g/mol. The maximum Gasteiger partial charge on any atom is 0.286 e. The van der Waals surface area contributed by atoms with Crippen molar-refractivity contribution in [3.8, 4) is 17.2 Å². The third-order valence-corrected chi connectivity index (χ3v) is 6.11. The molecule has 0 radical (unpaired) electrons. The number of amides is 1. The van der Waals surface area contributed by atoms with E-state index in [9.17, 15) is 14.9 Å². The number of nitrogens with zero attached hydrogens (tertiary/aromatic N) is 3. The first-order valence-corrected chi connectivity index (χ1v) is 11.2. The average Bonchev–Trinajstić information content (AvgIpc) is 2.83. The van der Waals surface area contributed by atoms with Gasteiger partial charge in [0.1, 0.15) is 11.3 Å². The maximum absolute atomic E-state index is 13.2. The van der Waals surface area contributed by atoms with Gasteiger partial charge in [-0.1, -0.05) is 19.1 Å². The van der Waals surface area contributed by atoms with Crippen molar-refractivity contribution in [1.82, 2.24) is 4.90 Å². The topological polar surface area (TPSA) is 94.4 Å². The Balaban J connectivity index is 1.82. The van der Waals surface area contributed by atoms with E-state index in [0.29, 0.717) is 32.6 Å². The van der Waals surface area contributed by atoms with Gasteiger partial charge in [-0.25, -0.2) is 0 Å². The Hall–Kier alpha value is -3.01. The lowest BCUT2D eigenvalue weighted by Crippen LogP contribution is -2.49. The van der Waals surface area contributed by atoms with Gasteiger partial charge in [-0.05, 0) is 34.5 Å². The van der Waals surface area contributed by atoms with Crippen LogP contribution in [0.1, 0.15) is 23.7 Å². The van der Waals surface area contributed by atoms with Crippen LogP contribution in [0.3, 0.4) is 0 Å². The van der Waals surface area contributed by atoms with Crippen molar-refractivity contribution in [2.24, 2.45) is 0 Å². The average molecular weight is 508 g/mol. The molecule has 1 aliphatic heterocycles. The van der Waals surface area contributed by atoms with Crippen molar-refractivity contribution in [2.45, 2.75) is 18.4 Å². The zero-order valence-corrected chi connectivity index (χ0v) is 19.8. The van der Waals surface area contributed by atoms with Crippen molar-refractivity contribution in [1.29, 1.82) is 0 Å². The Morgan fingerprint density at radius 1 is 1.09 bits per heavy atom. The molecule has 32 heavy (non-hydrogen) atoms. The number of halogens is 1. The molecule has 1 fully saturated rings. The van der Waals surface area contributed by atoms with Crippen LogP contribution in [0.25, 0.3) is 0 Å². The highest BCUT2D eigenvalue weighted by Crippen LogP contribution is 2.37. The molecular formula is C22H26BrN3O6.